The predicted octanol–water partition coefficient (Wildman–Crippen LogP) is 0.255. The largest absolute Gasteiger partial charge is 0.393 e. The summed E-state index contributed by atoms with van der Waals surface area (Å²) in [4.78, 5) is 2.37. The highest BCUT2D eigenvalue weighted by atomic mass is 16.3. The topological polar surface area (TPSA) is 54.2 Å². The van der Waals surface area contributed by atoms with Crippen molar-refractivity contribution < 1.29 is 5.11 Å². The van der Waals surface area contributed by atoms with Crippen molar-refractivity contribution in [3.8, 4) is 0 Å². The van der Waals surface area contributed by atoms with Crippen LogP contribution in [0, 0.1) is 0 Å². The third-order valence-electron chi connectivity index (χ3n) is 2.81. The van der Waals surface area contributed by atoms with Crippen LogP contribution in [0.5, 0.6) is 0 Å². The quantitative estimate of drug-likeness (QED) is 0.774. The van der Waals surface area contributed by atoms with E-state index in [1.807, 2.05) is 6.92 Å². The first-order chi connectivity index (χ1) is 7.25. The van der Waals surface area contributed by atoms with E-state index in [1.165, 1.54) is 0 Å². The Kier molecular flexibility index (Phi) is 3.33. The maximum atomic E-state index is 9.16. The molecule has 0 spiro atoms. The molecule has 0 amide bonds. The summed E-state index contributed by atoms with van der Waals surface area (Å²) in [5, 5.41) is 17.1. The van der Waals surface area contributed by atoms with Crippen LogP contribution in [-0.2, 0) is 13.1 Å². The molecule has 2 heterocycles. The van der Waals surface area contributed by atoms with E-state index in [-0.39, 0.29) is 6.10 Å². The minimum Gasteiger partial charge on any atom is -0.393 e. The van der Waals surface area contributed by atoms with E-state index in [1.54, 1.807) is 6.33 Å². The molecule has 0 aliphatic carbocycles. The van der Waals surface area contributed by atoms with Gasteiger partial charge in [-0.15, -0.1) is 10.2 Å². The first-order valence-corrected chi connectivity index (χ1v) is 5.53. The zero-order valence-electron chi connectivity index (χ0n) is 9.13. The molecule has 1 aromatic rings. The Bertz CT molecular complexity index is 310. The van der Waals surface area contributed by atoms with Crippen LogP contribution >= 0.6 is 0 Å². The molecule has 15 heavy (non-hydrogen) atoms. The van der Waals surface area contributed by atoms with Gasteiger partial charge < -0.3 is 9.67 Å². The summed E-state index contributed by atoms with van der Waals surface area (Å²) in [6.07, 6.45) is 3.54. The molecule has 0 saturated carbocycles. The molecular formula is C10H18N4O. The second-order valence-corrected chi connectivity index (χ2v) is 4.21. The van der Waals surface area contributed by atoms with Gasteiger partial charge in [0.25, 0.3) is 0 Å². The number of nitrogens with zero attached hydrogens (tertiary/aromatic N) is 4. The van der Waals surface area contributed by atoms with Crippen LogP contribution in [-0.4, -0.2) is 44.0 Å². The number of hydrogen-bond donors (Lipinski definition) is 1. The van der Waals surface area contributed by atoms with Crippen molar-refractivity contribution in [3.63, 3.8) is 0 Å². The SMILES string of the molecule is CC(O)CCCN1CCn2cnnc2C1. The minimum absolute atomic E-state index is 0.182. The van der Waals surface area contributed by atoms with Crippen molar-refractivity contribution >= 4 is 0 Å². The molecule has 1 unspecified atom stereocenters. The maximum Gasteiger partial charge on any atom is 0.147 e. The fourth-order valence-corrected chi connectivity index (χ4v) is 1.92. The van der Waals surface area contributed by atoms with Crippen molar-refractivity contribution in [1.29, 1.82) is 0 Å². The van der Waals surface area contributed by atoms with E-state index < -0.39 is 0 Å². The van der Waals surface area contributed by atoms with E-state index in [0.29, 0.717) is 0 Å². The molecule has 0 radical (unpaired) electrons. The number of aliphatic hydroxyl groups excluding tert-OH is 1. The highest BCUT2D eigenvalue weighted by molar-refractivity contribution is 4.89. The summed E-state index contributed by atoms with van der Waals surface area (Å²) >= 11 is 0. The van der Waals surface area contributed by atoms with Crippen LogP contribution < -0.4 is 0 Å². The normalized spacial score (nSPS) is 18.8. The number of hydrogen-bond acceptors (Lipinski definition) is 4. The summed E-state index contributed by atoms with van der Waals surface area (Å²) in [5.74, 6) is 1.05. The van der Waals surface area contributed by atoms with E-state index in [4.69, 9.17) is 5.11 Å². The molecule has 1 atom stereocenters. The molecular weight excluding hydrogens is 192 g/mol. The lowest BCUT2D eigenvalue weighted by molar-refractivity contribution is 0.161. The maximum absolute atomic E-state index is 9.16. The summed E-state index contributed by atoms with van der Waals surface area (Å²) in [5.41, 5.74) is 0. The standard InChI is InChI=1S/C10H18N4O/c1-9(15)3-2-4-13-5-6-14-8-11-12-10(14)7-13/h8-9,15H,2-7H2,1H3. The zero-order chi connectivity index (χ0) is 10.7. The van der Waals surface area contributed by atoms with Crippen molar-refractivity contribution in [2.24, 2.45) is 0 Å². The third kappa shape index (κ3) is 2.76. The number of fused-ring (bicyclic) bond motifs is 1. The van der Waals surface area contributed by atoms with Crippen molar-refractivity contribution in [1.82, 2.24) is 19.7 Å². The molecule has 5 heteroatoms. The summed E-state index contributed by atoms with van der Waals surface area (Å²) in [7, 11) is 0. The van der Waals surface area contributed by atoms with Gasteiger partial charge in [-0.25, -0.2) is 0 Å². The summed E-state index contributed by atoms with van der Waals surface area (Å²) in [6, 6.07) is 0. The van der Waals surface area contributed by atoms with Crippen LogP contribution in [0.3, 0.4) is 0 Å². The van der Waals surface area contributed by atoms with E-state index in [0.717, 1.165) is 44.8 Å². The van der Waals surface area contributed by atoms with Crippen LogP contribution in [0.2, 0.25) is 0 Å². The smallest absolute Gasteiger partial charge is 0.147 e. The van der Waals surface area contributed by atoms with Gasteiger partial charge in [-0.1, -0.05) is 0 Å². The lowest BCUT2D eigenvalue weighted by Gasteiger charge is -2.26. The van der Waals surface area contributed by atoms with Crippen molar-refractivity contribution in [2.75, 3.05) is 13.1 Å². The Labute approximate surface area is 89.7 Å². The Morgan fingerprint density at radius 1 is 1.53 bits per heavy atom. The molecule has 0 fully saturated rings. The van der Waals surface area contributed by atoms with Crippen molar-refractivity contribution in [3.05, 3.63) is 12.2 Å². The Morgan fingerprint density at radius 3 is 3.20 bits per heavy atom. The first kappa shape index (κ1) is 10.6. The molecule has 1 aliphatic rings. The molecule has 1 aliphatic heterocycles. The van der Waals surface area contributed by atoms with E-state index >= 15 is 0 Å². The first-order valence-electron chi connectivity index (χ1n) is 5.53. The van der Waals surface area contributed by atoms with Gasteiger partial charge in [-0.05, 0) is 26.3 Å². The monoisotopic (exact) mass is 210 g/mol. The highest BCUT2D eigenvalue weighted by Gasteiger charge is 2.16. The number of rotatable bonds is 4. The lowest BCUT2D eigenvalue weighted by atomic mass is 10.2. The number of aromatic nitrogens is 3. The molecule has 84 valence electrons. The zero-order valence-corrected chi connectivity index (χ0v) is 9.13. The average Bonchev–Trinajstić information content (AvgIpc) is 2.64. The molecule has 1 aromatic heterocycles. The number of aliphatic hydroxyl groups is 1. The van der Waals surface area contributed by atoms with Crippen LogP contribution in [0.25, 0.3) is 0 Å². The average molecular weight is 210 g/mol. The molecule has 0 bridgehead atoms. The van der Waals surface area contributed by atoms with Gasteiger partial charge in [0, 0.05) is 13.1 Å². The van der Waals surface area contributed by atoms with Crippen LogP contribution in [0.1, 0.15) is 25.6 Å². The Morgan fingerprint density at radius 2 is 2.40 bits per heavy atom. The molecule has 1 N–H and O–H groups in total. The van der Waals surface area contributed by atoms with Gasteiger partial charge in [0.15, 0.2) is 0 Å². The Balaban J connectivity index is 1.78. The van der Waals surface area contributed by atoms with Gasteiger partial charge >= 0.3 is 0 Å². The highest BCUT2D eigenvalue weighted by Crippen LogP contribution is 2.10. The van der Waals surface area contributed by atoms with Gasteiger partial charge in [0.05, 0.1) is 12.6 Å². The second-order valence-electron chi connectivity index (χ2n) is 4.21. The summed E-state index contributed by atoms with van der Waals surface area (Å²) in [6.45, 7) is 5.81. The fourth-order valence-electron chi connectivity index (χ4n) is 1.92. The van der Waals surface area contributed by atoms with E-state index in [9.17, 15) is 0 Å². The van der Waals surface area contributed by atoms with Crippen LogP contribution in [0.4, 0.5) is 0 Å². The molecule has 2 rings (SSSR count). The van der Waals surface area contributed by atoms with E-state index in [2.05, 4.69) is 19.7 Å². The van der Waals surface area contributed by atoms with Gasteiger partial charge in [-0.3, -0.25) is 4.90 Å². The molecule has 0 aromatic carbocycles. The van der Waals surface area contributed by atoms with Gasteiger partial charge in [-0.2, -0.15) is 0 Å². The van der Waals surface area contributed by atoms with Crippen molar-refractivity contribution in [2.45, 2.75) is 39.0 Å². The second kappa shape index (κ2) is 4.72. The molecule has 5 nitrogen and oxygen atoms in total. The summed E-state index contributed by atoms with van der Waals surface area (Å²) < 4.78 is 2.10. The Hall–Kier alpha value is -0.940. The van der Waals surface area contributed by atoms with Crippen LogP contribution in [0.15, 0.2) is 6.33 Å². The fraction of sp³-hybridized carbons (Fsp3) is 0.800. The predicted molar refractivity (Wildman–Crippen MR) is 56.2 cm³/mol. The van der Waals surface area contributed by atoms with Gasteiger partial charge in [0.2, 0.25) is 0 Å². The lowest BCUT2D eigenvalue weighted by Crippen LogP contribution is -2.34. The van der Waals surface area contributed by atoms with Gasteiger partial charge in [0.1, 0.15) is 12.2 Å². The molecule has 0 saturated heterocycles. The minimum atomic E-state index is -0.182. The third-order valence-corrected chi connectivity index (χ3v) is 2.81.